The highest BCUT2D eigenvalue weighted by Gasteiger charge is 2.23. The number of halogens is 2. The van der Waals surface area contributed by atoms with Crippen LogP contribution in [0.3, 0.4) is 0 Å². The molecule has 0 bridgehead atoms. The number of hydrogen-bond donors (Lipinski definition) is 1. The summed E-state index contributed by atoms with van der Waals surface area (Å²) in [5.74, 6) is -1.27. The molecule has 4 heterocycles. The van der Waals surface area contributed by atoms with Gasteiger partial charge in [0.1, 0.15) is 5.65 Å². The molecular weight excluding hydrogens is 424 g/mol. The minimum Gasteiger partial charge on any atom is -0.343 e. The van der Waals surface area contributed by atoms with Crippen molar-refractivity contribution in [2.24, 2.45) is 5.92 Å². The summed E-state index contributed by atoms with van der Waals surface area (Å²) < 4.78 is 29.4. The Morgan fingerprint density at radius 2 is 1.97 bits per heavy atom. The zero-order chi connectivity index (χ0) is 22.8. The average Bonchev–Trinajstić information content (AvgIpc) is 3.51. The van der Waals surface area contributed by atoms with E-state index in [2.05, 4.69) is 38.1 Å². The van der Waals surface area contributed by atoms with Crippen molar-refractivity contribution in [2.45, 2.75) is 32.2 Å². The van der Waals surface area contributed by atoms with Crippen LogP contribution in [0.4, 0.5) is 8.78 Å². The Hall–Kier alpha value is -3.55. The number of aryl methyl sites for hydroxylation is 1. The smallest absolute Gasteiger partial charge is 0.222 e. The number of rotatable bonds is 6. The van der Waals surface area contributed by atoms with Crippen molar-refractivity contribution in [3.63, 3.8) is 0 Å². The standard InChI is InChI=1S/C25H25F2N5O/c26-22-3-1-2-18(24(22)27)4-5-23(33)31-9-6-17(7-10-31)16-32-11-8-19-12-20(13-28-25(19)32)21-14-29-30-15-21/h1-3,8,11-15,17H,4-7,9-10,16H2,(H,29,30). The topological polar surface area (TPSA) is 66.8 Å². The minimum absolute atomic E-state index is 0.00281. The van der Waals surface area contributed by atoms with Crippen LogP contribution < -0.4 is 0 Å². The second-order valence-electron chi connectivity index (χ2n) is 8.63. The first-order chi connectivity index (χ1) is 16.1. The summed E-state index contributed by atoms with van der Waals surface area (Å²) in [5.41, 5.74) is 3.24. The van der Waals surface area contributed by atoms with Gasteiger partial charge in [-0.2, -0.15) is 5.10 Å². The monoisotopic (exact) mass is 449 g/mol. The molecule has 0 unspecified atom stereocenters. The first-order valence-electron chi connectivity index (χ1n) is 11.2. The third kappa shape index (κ3) is 4.51. The van der Waals surface area contributed by atoms with E-state index in [1.807, 2.05) is 17.3 Å². The van der Waals surface area contributed by atoms with Gasteiger partial charge in [0.15, 0.2) is 11.6 Å². The molecule has 33 heavy (non-hydrogen) atoms. The molecule has 0 radical (unpaired) electrons. The molecule has 1 saturated heterocycles. The lowest BCUT2D eigenvalue weighted by atomic mass is 9.96. The lowest BCUT2D eigenvalue weighted by molar-refractivity contribution is -0.132. The van der Waals surface area contributed by atoms with Gasteiger partial charge in [0, 0.05) is 61.2 Å². The fourth-order valence-corrected chi connectivity index (χ4v) is 4.58. The lowest BCUT2D eigenvalue weighted by Gasteiger charge is -2.32. The maximum absolute atomic E-state index is 13.8. The van der Waals surface area contributed by atoms with Crippen molar-refractivity contribution in [2.75, 3.05) is 13.1 Å². The molecule has 1 aliphatic rings. The molecule has 1 N–H and O–H groups in total. The highest BCUT2D eigenvalue weighted by atomic mass is 19.2. The van der Waals surface area contributed by atoms with Crippen LogP contribution in [-0.2, 0) is 17.8 Å². The van der Waals surface area contributed by atoms with Crippen molar-refractivity contribution in [1.82, 2.24) is 24.6 Å². The number of H-pyrrole nitrogens is 1. The Morgan fingerprint density at radius 1 is 1.12 bits per heavy atom. The molecular formula is C25H25F2N5O. The fraction of sp³-hybridized carbons (Fsp3) is 0.320. The summed E-state index contributed by atoms with van der Waals surface area (Å²) in [5, 5.41) is 7.91. The lowest BCUT2D eigenvalue weighted by Crippen LogP contribution is -2.39. The van der Waals surface area contributed by atoms with Gasteiger partial charge in [-0.3, -0.25) is 9.89 Å². The molecule has 1 aliphatic heterocycles. The quantitative estimate of drug-likeness (QED) is 0.469. The van der Waals surface area contributed by atoms with Gasteiger partial charge in [0.2, 0.25) is 5.91 Å². The summed E-state index contributed by atoms with van der Waals surface area (Å²) in [4.78, 5) is 19.1. The fourth-order valence-electron chi connectivity index (χ4n) is 4.58. The summed E-state index contributed by atoms with van der Waals surface area (Å²) >= 11 is 0. The highest BCUT2D eigenvalue weighted by molar-refractivity contribution is 5.81. The second-order valence-corrected chi connectivity index (χ2v) is 8.63. The number of fused-ring (bicyclic) bond motifs is 1. The maximum atomic E-state index is 13.8. The van der Waals surface area contributed by atoms with E-state index in [4.69, 9.17) is 0 Å². The molecule has 0 atom stereocenters. The van der Waals surface area contributed by atoms with Gasteiger partial charge < -0.3 is 9.47 Å². The van der Waals surface area contributed by atoms with Crippen LogP contribution in [0.5, 0.6) is 0 Å². The van der Waals surface area contributed by atoms with Crippen molar-refractivity contribution >= 4 is 16.9 Å². The van der Waals surface area contributed by atoms with Gasteiger partial charge in [-0.25, -0.2) is 13.8 Å². The van der Waals surface area contributed by atoms with Crippen molar-refractivity contribution in [3.05, 3.63) is 72.3 Å². The number of carbonyl (C=O) groups excluding carboxylic acids is 1. The molecule has 6 nitrogen and oxygen atoms in total. The Kier molecular flexibility index (Phi) is 5.90. The Balaban J connectivity index is 1.16. The van der Waals surface area contributed by atoms with Gasteiger partial charge in [0.25, 0.3) is 0 Å². The van der Waals surface area contributed by atoms with Gasteiger partial charge in [-0.05, 0) is 48.9 Å². The van der Waals surface area contributed by atoms with Crippen LogP contribution >= 0.6 is 0 Å². The van der Waals surface area contributed by atoms with Crippen LogP contribution in [-0.4, -0.2) is 43.6 Å². The normalized spacial score (nSPS) is 14.8. The van der Waals surface area contributed by atoms with Crippen LogP contribution in [0.25, 0.3) is 22.2 Å². The van der Waals surface area contributed by atoms with E-state index < -0.39 is 11.6 Å². The number of nitrogens with zero attached hydrogens (tertiary/aromatic N) is 4. The molecule has 1 aromatic carbocycles. The van der Waals surface area contributed by atoms with Crippen LogP contribution in [0.1, 0.15) is 24.8 Å². The van der Waals surface area contributed by atoms with E-state index in [1.54, 1.807) is 6.20 Å². The highest BCUT2D eigenvalue weighted by Crippen LogP contribution is 2.25. The molecule has 170 valence electrons. The zero-order valence-electron chi connectivity index (χ0n) is 18.2. The molecule has 5 rings (SSSR count). The Morgan fingerprint density at radius 3 is 2.76 bits per heavy atom. The van der Waals surface area contributed by atoms with E-state index >= 15 is 0 Å². The summed E-state index contributed by atoms with van der Waals surface area (Å²) in [6, 6.07) is 8.29. The molecule has 8 heteroatoms. The predicted octanol–water partition coefficient (Wildman–Crippen LogP) is 4.58. The number of nitrogens with one attached hydrogen (secondary N) is 1. The number of carbonyl (C=O) groups is 1. The van der Waals surface area contributed by atoms with Gasteiger partial charge in [-0.1, -0.05) is 12.1 Å². The van der Waals surface area contributed by atoms with E-state index in [1.165, 1.54) is 12.1 Å². The van der Waals surface area contributed by atoms with E-state index in [-0.39, 0.29) is 24.3 Å². The SMILES string of the molecule is O=C(CCc1cccc(F)c1F)N1CCC(Cn2ccc3cc(-c4cn[nH]c4)cnc32)CC1. The van der Waals surface area contributed by atoms with Crippen LogP contribution in [0.15, 0.2) is 55.1 Å². The average molecular weight is 450 g/mol. The molecule has 0 saturated carbocycles. The molecule has 1 fully saturated rings. The number of amides is 1. The molecule has 3 aromatic heterocycles. The first kappa shape index (κ1) is 21.3. The van der Waals surface area contributed by atoms with Crippen molar-refractivity contribution in [3.8, 4) is 11.1 Å². The van der Waals surface area contributed by atoms with Gasteiger partial charge in [-0.15, -0.1) is 0 Å². The minimum atomic E-state index is -0.870. The third-order valence-electron chi connectivity index (χ3n) is 6.49. The predicted molar refractivity (Wildman–Crippen MR) is 121 cm³/mol. The second kappa shape index (κ2) is 9.13. The first-order valence-corrected chi connectivity index (χ1v) is 11.2. The van der Waals surface area contributed by atoms with Gasteiger partial charge in [0.05, 0.1) is 6.20 Å². The van der Waals surface area contributed by atoms with E-state index in [0.29, 0.717) is 19.0 Å². The molecule has 0 aliphatic carbocycles. The van der Waals surface area contributed by atoms with Crippen molar-refractivity contribution in [1.29, 1.82) is 0 Å². The maximum Gasteiger partial charge on any atom is 0.222 e. The zero-order valence-corrected chi connectivity index (χ0v) is 18.2. The molecule has 1 amide bonds. The van der Waals surface area contributed by atoms with Gasteiger partial charge >= 0.3 is 0 Å². The Labute approximate surface area is 190 Å². The number of aromatic amines is 1. The van der Waals surface area contributed by atoms with Crippen LogP contribution in [0, 0.1) is 17.6 Å². The number of likely N-dealkylation sites (tertiary alicyclic amines) is 1. The number of benzene rings is 1. The third-order valence-corrected chi connectivity index (χ3v) is 6.49. The summed E-state index contributed by atoms with van der Waals surface area (Å²) in [6.45, 7) is 2.23. The number of hydrogen-bond acceptors (Lipinski definition) is 3. The molecule has 4 aromatic rings. The van der Waals surface area contributed by atoms with E-state index in [0.717, 1.165) is 47.6 Å². The largest absolute Gasteiger partial charge is 0.343 e. The molecule has 0 spiro atoms. The number of pyridine rings is 1. The number of aromatic nitrogens is 4. The Bertz CT molecular complexity index is 1260. The summed E-state index contributed by atoms with van der Waals surface area (Å²) in [6.07, 6.45) is 9.79. The summed E-state index contributed by atoms with van der Waals surface area (Å²) in [7, 11) is 0. The van der Waals surface area contributed by atoms with E-state index in [9.17, 15) is 13.6 Å². The van der Waals surface area contributed by atoms with Crippen molar-refractivity contribution < 1.29 is 13.6 Å². The number of piperidine rings is 1. The van der Waals surface area contributed by atoms with Crippen LogP contribution in [0.2, 0.25) is 0 Å².